The van der Waals surface area contributed by atoms with Gasteiger partial charge in [0, 0.05) is 11.6 Å². The second-order valence-electron chi connectivity index (χ2n) is 7.97. The Morgan fingerprint density at radius 1 is 0.943 bits per heavy atom. The minimum Gasteiger partial charge on any atom is -0.494 e. The second-order valence-corrected chi connectivity index (χ2v) is 7.97. The molecule has 2 aromatic carbocycles. The van der Waals surface area contributed by atoms with Gasteiger partial charge in [0.25, 0.3) is 0 Å². The molecule has 0 saturated heterocycles. The lowest BCUT2D eigenvalue weighted by Crippen LogP contribution is -2.09. The SMILES string of the molecule is C=C(C)C(=O)OCCCCCCOc1ccc(C(=O)Oc2ccc(/C=C/C(=O)OC)cc2C)cc1. The van der Waals surface area contributed by atoms with Crippen LogP contribution in [-0.2, 0) is 19.1 Å². The molecule has 186 valence electrons. The largest absolute Gasteiger partial charge is 0.494 e. The summed E-state index contributed by atoms with van der Waals surface area (Å²) in [7, 11) is 1.32. The standard InChI is InChI=1S/C28H32O7/c1-20(2)27(30)34-18-8-6-5-7-17-33-24-13-11-23(12-14-24)28(31)35-25-15-9-22(19-21(25)3)10-16-26(29)32-4/h9-16,19H,1,5-8,17-18H2,2-4H3/b16-10+. The van der Waals surface area contributed by atoms with Gasteiger partial charge in [0.1, 0.15) is 11.5 Å². The number of hydrogen-bond acceptors (Lipinski definition) is 7. The fraction of sp³-hybridized carbons (Fsp3) is 0.321. The molecule has 0 saturated carbocycles. The molecule has 0 amide bonds. The molecule has 0 aliphatic rings. The molecule has 7 nitrogen and oxygen atoms in total. The minimum absolute atomic E-state index is 0.349. The van der Waals surface area contributed by atoms with Gasteiger partial charge in [0.15, 0.2) is 0 Å². The van der Waals surface area contributed by atoms with E-state index >= 15 is 0 Å². The predicted molar refractivity (Wildman–Crippen MR) is 133 cm³/mol. The zero-order chi connectivity index (χ0) is 25.6. The Balaban J connectivity index is 1.73. The quantitative estimate of drug-likeness (QED) is 0.163. The van der Waals surface area contributed by atoms with E-state index in [1.54, 1.807) is 49.4 Å². The van der Waals surface area contributed by atoms with Crippen molar-refractivity contribution in [2.24, 2.45) is 0 Å². The summed E-state index contributed by atoms with van der Waals surface area (Å²) in [6.45, 7) is 7.96. The van der Waals surface area contributed by atoms with E-state index in [4.69, 9.17) is 14.2 Å². The molecule has 2 aromatic rings. The highest BCUT2D eigenvalue weighted by molar-refractivity contribution is 5.91. The van der Waals surface area contributed by atoms with Gasteiger partial charge in [-0.05, 0) is 93.1 Å². The summed E-state index contributed by atoms with van der Waals surface area (Å²) in [6.07, 6.45) is 6.55. The Labute approximate surface area is 206 Å². The number of carbonyl (C=O) groups is 3. The maximum absolute atomic E-state index is 12.5. The van der Waals surface area contributed by atoms with Crippen molar-refractivity contribution in [1.82, 2.24) is 0 Å². The number of esters is 3. The van der Waals surface area contributed by atoms with Crippen molar-refractivity contribution in [2.45, 2.75) is 39.5 Å². The van der Waals surface area contributed by atoms with E-state index in [1.165, 1.54) is 13.2 Å². The van der Waals surface area contributed by atoms with E-state index in [2.05, 4.69) is 11.3 Å². The maximum atomic E-state index is 12.5. The first-order valence-electron chi connectivity index (χ1n) is 11.4. The summed E-state index contributed by atoms with van der Waals surface area (Å²) >= 11 is 0. The van der Waals surface area contributed by atoms with E-state index in [9.17, 15) is 14.4 Å². The lowest BCUT2D eigenvalue weighted by atomic mass is 10.1. The van der Waals surface area contributed by atoms with Crippen LogP contribution in [0.3, 0.4) is 0 Å². The lowest BCUT2D eigenvalue weighted by Gasteiger charge is -2.09. The van der Waals surface area contributed by atoms with Gasteiger partial charge in [-0.3, -0.25) is 0 Å². The second kappa shape index (κ2) is 14.4. The summed E-state index contributed by atoms with van der Waals surface area (Å²) in [5, 5.41) is 0. The van der Waals surface area contributed by atoms with Crippen molar-refractivity contribution in [1.29, 1.82) is 0 Å². The van der Waals surface area contributed by atoms with E-state index in [1.807, 2.05) is 13.0 Å². The number of benzene rings is 2. The third-order valence-corrected chi connectivity index (χ3v) is 4.99. The third-order valence-electron chi connectivity index (χ3n) is 4.99. The number of rotatable bonds is 13. The number of carbonyl (C=O) groups excluding carboxylic acids is 3. The molecule has 0 heterocycles. The van der Waals surface area contributed by atoms with Crippen LogP contribution in [-0.4, -0.2) is 38.2 Å². The van der Waals surface area contributed by atoms with Crippen molar-refractivity contribution in [3.05, 3.63) is 77.4 Å². The van der Waals surface area contributed by atoms with Crippen LogP contribution in [0.15, 0.2) is 60.7 Å². The van der Waals surface area contributed by atoms with Crippen LogP contribution >= 0.6 is 0 Å². The first-order chi connectivity index (χ1) is 16.8. The van der Waals surface area contributed by atoms with Crippen LogP contribution < -0.4 is 9.47 Å². The predicted octanol–water partition coefficient (Wildman–Crippen LogP) is 5.46. The molecular weight excluding hydrogens is 448 g/mol. The van der Waals surface area contributed by atoms with Gasteiger partial charge in [-0.15, -0.1) is 0 Å². The molecule has 2 rings (SSSR count). The minimum atomic E-state index is -0.468. The van der Waals surface area contributed by atoms with E-state index < -0.39 is 11.9 Å². The van der Waals surface area contributed by atoms with Crippen molar-refractivity contribution in [3.63, 3.8) is 0 Å². The highest BCUT2D eigenvalue weighted by Gasteiger charge is 2.11. The number of ether oxygens (including phenoxy) is 4. The molecular formula is C28H32O7. The Kier molecular flexibility index (Phi) is 11.3. The summed E-state index contributed by atoms with van der Waals surface area (Å²) in [6, 6.07) is 12.1. The topological polar surface area (TPSA) is 88.1 Å². The van der Waals surface area contributed by atoms with Gasteiger partial charge in [-0.2, -0.15) is 0 Å². The van der Waals surface area contributed by atoms with Crippen LogP contribution in [0.25, 0.3) is 6.08 Å². The smallest absolute Gasteiger partial charge is 0.343 e. The van der Waals surface area contributed by atoms with E-state index in [0.717, 1.165) is 36.8 Å². The first-order valence-corrected chi connectivity index (χ1v) is 11.4. The zero-order valence-electron chi connectivity index (χ0n) is 20.5. The third kappa shape index (κ3) is 9.88. The summed E-state index contributed by atoms with van der Waals surface area (Å²) in [5.74, 6) is -0.136. The van der Waals surface area contributed by atoms with Crippen molar-refractivity contribution in [2.75, 3.05) is 20.3 Å². The van der Waals surface area contributed by atoms with Gasteiger partial charge in [-0.25, -0.2) is 14.4 Å². The maximum Gasteiger partial charge on any atom is 0.343 e. The van der Waals surface area contributed by atoms with Crippen molar-refractivity contribution >= 4 is 24.0 Å². The summed E-state index contributed by atoms with van der Waals surface area (Å²) < 4.78 is 20.9. The summed E-state index contributed by atoms with van der Waals surface area (Å²) in [5.41, 5.74) is 2.38. The number of hydrogen-bond donors (Lipinski definition) is 0. The molecule has 0 aliphatic carbocycles. The molecule has 0 spiro atoms. The average Bonchev–Trinajstić information content (AvgIpc) is 2.85. The fourth-order valence-corrected chi connectivity index (χ4v) is 3.00. The van der Waals surface area contributed by atoms with Gasteiger partial charge in [0.2, 0.25) is 0 Å². The molecule has 7 heteroatoms. The molecule has 0 bridgehead atoms. The van der Waals surface area contributed by atoms with Crippen LogP contribution in [0.4, 0.5) is 0 Å². The highest BCUT2D eigenvalue weighted by atomic mass is 16.5. The monoisotopic (exact) mass is 480 g/mol. The molecule has 0 fully saturated rings. The molecule has 0 aromatic heterocycles. The Morgan fingerprint density at radius 2 is 1.63 bits per heavy atom. The van der Waals surface area contributed by atoms with Gasteiger partial charge >= 0.3 is 17.9 Å². The Hall–Kier alpha value is -3.87. The molecule has 0 radical (unpaired) electrons. The summed E-state index contributed by atoms with van der Waals surface area (Å²) in [4.78, 5) is 35.0. The normalized spacial score (nSPS) is 10.6. The number of aryl methyl sites for hydroxylation is 1. The zero-order valence-corrected chi connectivity index (χ0v) is 20.5. The molecule has 0 aliphatic heterocycles. The lowest BCUT2D eigenvalue weighted by molar-refractivity contribution is -0.139. The van der Waals surface area contributed by atoms with E-state index in [0.29, 0.717) is 35.8 Å². The van der Waals surface area contributed by atoms with E-state index in [-0.39, 0.29) is 5.97 Å². The molecule has 35 heavy (non-hydrogen) atoms. The Morgan fingerprint density at radius 3 is 2.26 bits per heavy atom. The fourth-order valence-electron chi connectivity index (χ4n) is 3.00. The van der Waals surface area contributed by atoms with Crippen molar-refractivity contribution < 1.29 is 33.3 Å². The van der Waals surface area contributed by atoms with Gasteiger partial charge in [-0.1, -0.05) is 12.6 Å². The van der Waals surface area contributed by atoms with Crippen molar-refractivity contribution in [3.8, 4) is 11.5 Å². The van der Waals surface area contributed by atoms with Crippen LogP contribution in [0, 0.1) is 6.92 Å². The molecule has 0 atom stereocenters. The van der Waals surface area contributed by atoms with Crippen LogP contribution in [0.2, 0.25) is 0 Å². The molecule has 0 N–H and O–H groups in total. The first kappa shape index (κ1) is 27.4. The number of unbranched alkanes of at least 4 members (excludes halogenated alkanes) is 3. The highest BCUT2D eigenvalue weighted by Crippen LogP contribution is 2.22. The number of methoxy groups -OCH3 is 1. The molecule has 0 unspecified atom stereocenters. The van der Waals surface area contributed by atoms with Gasteiger partial charge in [0.05, 0.1) is 25.9 Å². The average molecular weight is 481 g/mol. The van der Waals surface area contributed by atoms with Crippen LogP contribution in [0.5, 0.6) is 11.5 Å². The van der Waals surface area contributed by atoms with Gasteiger partial charge < -0.3 is 18.9 Å². The Bertz CT molecular complexity index is 1050. The van der Waals surface area contributed by atoms with Crippen LogP contribution in [0.1, 0.15) is 54.1 Å².